The van der Waals surface area contributed by atoms with Crippen molar-refractivity contribution in [1.82, 2.24) is 30.0 Å². The maximum Gasteiger partial charge on any atom is 0.573 e. The minimum atomic E-state index is -4.85. The highest BCUT2D eigenvalue weighted by atomic mass is 19.4. The van der Waals surface area contributed by atoms with E-state index in [9.17, 15) is 32.3 Å². The number of amides is 3. The van der Waals surface area contributed by atoms with Gasteiger partial charge in [0.1, 0.15) is 18.4 Å². The SMILES string of the molecule is CNC(=O)CCC(C=O)N1Cc2c(CCCN3CCN(c4ccc5c(C6CCN(C(=O)c7ccc(OC(F)(F)F)cc7N)CC6)ncnc5c4)CC3)cccc2C1=O. The minimum Gasteiger partial charge on any atom is -0.406 e. The summed E-state index contributed by atoms with van der Waals surface area (Å²) in [6, 6.07) is 14.8. The van der Waals surface area contributed by atoms with Crippen LogP contribution in [0.4, 0.5) is 24.5 Å². The van der Waals surface area contributed by atoms with E-state index in [0.29, 0.717) is 44.5 Å². The number of piperidine rings is 1. The first-order valence-electron chi connectivity index (χ1n) is 19.7. The van der Waals surface area contributed by atoms with Gasteiger partial charge in [0, 0.05) is 93.6 Å². The van der Waals surface area contributed by atoms with Crippen molar-refractivity contribution in [2.45, 2.75) is 63.4 Å². The van der Waals surface area contributed by atoms with Crippen LogP contribution in [0.2, 0.25) is 0 Å². The molecule has 0 spiro atoms. The monoisotopic (exact) mass is 800 g/mol. The van der Waals surface area contributed by atoms with Crippen molar-refractivity contribution in [3.05, 3.63) is 88.9 Å². The number of nitrogen functional groups attached to an aromatic ring is 1. The molecule has 3 N–H and O–H groups in total. The number of benzene rings is 3. The number of nitrogens with two attached hydrogens (primary N) is 1. The van der Waals surface area contributed by atoms with Gasteiger partial charge < -0.3 is 35.3 Å². The van der Waals surface area contributed by atoms with Crippen LogP contribution < -0.4 is 20.7 Å². The Hall–Kier alpha value is -5.77. The lowest BCUT2D eigenvalue weighted by atomic mass is 9.90. The predicted octanol–water partition coefficient (Wildman–Crippen LogP) is 4.93. The van der Waals surface area contributed by atoms with Crippen LogP contribution in [-0.4, -0.2) is 114 Å². The smallest absolute Gasteiger partial charge is 0.406 e. The number of alkyl halides is 3. The molecule has 2 saturated heterocycles. The molecule has 1 aromatic heterocycles. The van der Waals surface area contributed by atoms with Gasteiger partial charge in [0.2, 0.25) is 5.91 Å². The first-order chi connectivity index (χ1) is 27.9. The number of hydrogen-bond donors (Lipinski definition) is 2. The van der Waals surface area contributed by atoms with Crippen LogP contribution in [0.15, 0.2) is 60.9 Å². The van der Waals surface area contributed by atoms with E-state index in [0.717, 1.165) is 97.4 Å². The molecule has 2 fully saturated rings. The quantitative estimate of drug-likeness (QED) is 0.141. The van der Waals surface area contributed by atoms with Gasteiger partial charge in [-0.25, -0.2) is 9.97 Å². The summed E-state index contributed by atoms with van der Waals surface area (Å²) in [5, 5.41) is 3.54. The van der Waals surface area contributed by atoms with Gasteiger partial charge in [0.15, 0.2) is 0 Å². The molecule has 3 amide bonds. The summed E-state index contributed by atoms with van der Waals surface area (Å²) in [6.07, 6.45) is 1.07. The number of aryl methyl sites for hydroxylation is 1. The number of aldehydes is 1. The van der Waals surface area contributed by atoms with Gasteiger partial charge in [-0.15, -0.1) is 13.2 Å². The van der Waals surface area contributed by atoms with Crippen molar-refractivity contribution < 1.29 is 37.1 Å². The summed E-state index contributed by atoms with van der Waals surface area (Å²) in [4.78, 5) is 67.5. The number of hydrogen-bond acceptors (Lipinski definition) is 10. The Morgan fingerprint density at radius 2 is 1.79 bits per heavy atom. The number of fused-ring (bicyclic) bond motifs is 2. The fourth-order valence-electron chi connectivity index (χ4n) is 8.39. The second-order valence-electron chi connectivity index (χ2n) is 15.0. The standard InChI is InChI=1S/C42H47F3N8O5/c1-47-38(55)12-8-30(25-54)53-24-35-27(4-2-6-32(35)41(53)57)5-3-15-50-18-20-51(21-19-50)29-7-10-34-37(22-29)48-26-49-39(34)28-13-16-52(17-14-28)40(56)33-11-9-31(23-36(33)46)58-42(43,44)45/h2,4,6-7,9-11,22-23,25-26,28,30H,3,5,8,12-21,24,46H2,1H3,(H,47,55). The van der Waals surface area contributed by atoms with Crippen LogP contribution in [-0.2, 0) is 22.6 Å². The van der Waals surface area contributed by atoms with Gasteiger partial charge in [-0.1, -0.05) is 12.1 Å². The third-order valence-electron chi connectivity index (χ3n) is 11.6. The molecule has 7 rings (SSSR count). The predicted molar refractivity (Wildman–Crippen MR) is 211 cm³/mol. The first-order valence-corrected chi connectivity index (χ1v) is 19.7. The number of likely N-dealkylation sites (tertiary alicyclic amines) is 1. The van der Waals surface area contributed by atoms with Crippen molar-refractivity contribution in [3.8, 4) is 5.75 Å². The molecule has 1 atom stereocenters. The third-order valence-corrected chi connectivity index (χ3v) is 11.6. The lowest BCUT2D eigenvalue weighted by Crippen LogP contribution is -2.46. The second-order valence-corrected chi connectivity index (χ2v) is 15.0. The van der Waals surface area contributed by atoms with E-state index in [-0.39, 0.29) is 41.3 Å². The molecule has 13 nitrogen and oxygen atoms in total. The molecule has 0 bridgehead atoms. The van der Waals surface area contributed by atoms with Crippen LogP contribution in [0.1, 0.15) is 75.6 Å². The van der Waals surface area contributed by atoms with E-state index in [1.54, 1.807) is 23.2 Å². The van der Waals surface area contributed by atoms with Crippen molar-refractivity contribution in [2.75, 3.05) is 63.5 Å². The maximum absolute atomic E-state index is 13.2. The molecule has 16 heteroatoms. The molecule has 3 aliphatic heterocycles. The number of anilines is 2. The van der Waals surface area contributed by atoms with Crippen molar-refractivity contribution in [3.63, 3.8) is 0 Å². The van der Waals surface area contributed by atoms with E-state index >= 15 is 0 Å². The van der Waals surface area contributed by atoms with Crippen LogP contribution in [0.5, 0.6) is 5.75 Å². The third kappa shape index (κ3) is 9.01. The van der Waals surface area contributed by atoms with E-state index in [2.05, 4.69) is 54.1 Å². The number of carbonyl (C=O) groups is 4. The number of aromatic nitrogens is 2. The van der Waals surface area contributed by atoms with E-state index in [1.807, 2.05) is 12.1 Å². The molecular formula is C42H47F3N8O5. The topological polar surface area (TPSA) is 154 Å². The van der Waals surface area contributed by atoms with Gasteiger partial charge in [-0.3, -0.25) is 19.3 Å². The molecule has 306 valence electrons. The Bertz CT molecular complexity index is 2170. The highest BCUT2D eigenvalue weighted by Crippen LogP contribution is 2.35. The van der Waals surface area contributed by atoms with Gasteiger partial charge >= 0.3 is 6.36 Å². The molecule has 58 heavy (non-hydrogen) atoms. The molecule has 1 unspecified atom stereocenters. The van der Waals surface area contributed by atoms with Crippen molar-refractivity contribution >= 4 is 46.3 Å². The summed E-state index contributed by atoms with van der Waals surface area (Å²) in [6.45, 7) is 5.76. The number of nitrogens with zero attached hydrogens (tertiary/aromatic N) is 6. The molecule has 3 aliphatic rings. The number of nitrogens with one attached hydrogen (secondary N) is 1. The normalized spacial score (nSPS) is 17.0. The average molecular weight is 801 g/mol. The molecule has 0 aliphatic carbocycles. The van der Waals surface area contributed by atoms with E-state index in [4.69, 9.17) is 5.73 Å². The van der Waals surface area contributed by atoms with E-state index in [1.165, 1.54) is 6.07 Å². The Balaban J connectivity index is 0.897. The largest absolute Gasteiger partial charge is 0.573 e. The summed E-state index contributed by atoms with van der Waals surface area (Å²) >= 11 is 0. The van der Waals surface area contributed by atoms with Crippen molar-refractivity contribution in [2.24, 2.45) is 0 Å². The number of rotatable bonds is 13. The first kappa shape index (κ1) is 40.4. The number of carbonyl (C=O) groups excluding carboxylic acids is 4. The van der Waals surface area contributed by atoms with Crippen LogP contribution >= 0.6 is 0 Å². The summed E-state index contributed by atoms with van der Waals surface area (Å²) in [5.74, 6) is -1.02. The lowest BCUT2D eigenvalue weighted by molar-refractivity contribution is -0.274. The zero-order chi connectivity index (χ0) is 41.0. The molecule has 4 heterocycles. The van der Waals surface area contributed by atoms with Gasteiger partial charge in [0.05, 0.1) is 22.8 Å². The number of ether oxygens (including phenoxy) is 1. The average Bonchev–Trinajstić information content (AvgIpc) is 3.56. The molecule has 3 aromatic carbocycles. The van der Waals surface area contributed by atoms with Crippen LogP contribution in [0, 0.1) is 0 Å². The Kier molecular flexibility index (Phi) is 12.1. The Morgan fingerprint density at radius 3 is 2.50 bits per heavy atom. The fraction of sp³-hybridized carbons (Fsp3) is 0.429. The van der Waals surface area contributed by atoms with E-state index < -0.39 is 18.2 Å². The molecular weight excluding hydrogens is 754 g/mol. The molecule has 0 saturated carbocycles. The van der Waals surface area contributed by atoms with Crippen molar-refractivity contribution in [1.29, 1.82) is 0 Å². The Morgan fingerprint density at radius 1 is 1.02 bits per heavy atom. The highest BCUT2D eigenvalue weighted by Gasteiger charge is 2.35. The molecule has 0 radical (unpaired) electrons. The minimum absolute atomic E-state index is 0.0737. The fourth-order valence-corrected chi connectivity index (χ4v) is 8.39. The Labute approximate surface area is 334 Å². The summed E-state index contributed by atoms with van der Waals surface area (Å²) < 4.78 is 41.8. The second kappa shape index (κ2) is 17.4. The van der Waals surface area contributed by atoms with Gasteiger partial charge in [-0.05, 0) is 86.2 Å². The summed E-state index contributed by atoms with van der Waals surface area (Å²) in [5.41, 5.74) is 11.6. The highest BCUT2D eigenvalue weighted by molar-refractivity contribution is 6.00. The van der Waals surface area contributed by atoms with Gasteiger partial charge in [0.25, 0.3) is 11.8 Å². The van der Waals surface area contributed by atoms with Crippen LogP contribution in [0.25, 0.3) is 10.9 Å². The van der Waals surface area contributed by atoms with Gasteiger partial charge in [-0.2, -0.15) is 0 Å². The lowest BCUT2D eigenvalue weighted by Gasteiger charge is -2.36. The number of piperazine rings is 1. The molecule has 4 aromatic rings. The maximum atomic E-state index is 13.2. The zero-order valence-corrected chi connectivity index (χ0v) is 32.3. The number of halogens is 3. The zero-order valence-electron chi connectivity index (χ0n) is 32.3. The summed E-state index contributed by atoms with van der Waals surface area (Å²) in [7, 11) is 1.55. The van der Waals surface area contributed by atoms with Crippen LogP contribution in [0.3, 0.4) is 0 Å².